The maximum absolute atomic E-state index is 13.1. The molecule has 0 radical (unpaired) electrons. The van der Waals surface area contributed by atoms with Crippen LogP contribution in [0.15, 0.2) is 22.5 Å². The summed E-state index contributed by atoms with van der Waals surface area (Å²) in [6, 6.07) is 6.56. The van der Waals surface area contributed by atoms with E-state index in [2.05, 4.69) is 34.8 Å². The molecule has 7 heteroatoms. The average molecular weight is 479 g/mol. The molecule has 3 heterocycles. The number of nitrogens with one attached hydrogen (secondary N) is 1. The van der Waals surface area contributed by atoms with E-state index in [1.807, 2.05) is 6.07 Å². The quantitative estimate of drug-likeness (QED) is 0.623. The zero-order valence-electron chi connectivity index (χ0n) is 19.1. The van der Waals surface area contributed by atoms with Gasteiger partial charge in [-0.25, -0.2) is 4.98 Å². The van der Waals surface area contributed by atoms with Crippen LogP contribution in [0.2, 0.25) is 0 Å². The molecule has 0 atom stereocenters. The van der Waals surface area contributed by atoms with Gasteiger partial charge in [-0.05, 0) is 80.3 Å². The maximum atomic E-state index is 13.1. The van der Waals surface area contributed by atoms with E-state index in [4.69, 9.17) is 4.98 Å². The van der Waals surface area contributed by atoms with Crippen molar-refractivity contribution in [1.29, 1.82) is 5.26 Å². The second-order valence-corrected chi connectivity index (χ2v) is 12.6. The number of pyridine rings is 1. The van der Waals surface area contributed by atoms with Crippen LogP contribution in [0.1, 0.15) is 55.3 Å². The van der Waals surface area contributed by atoms with E-state index >= 15 is 0 Å². The standard InChI is InChI=1S/C26H30N4OS2/c1-30-5-4-21-20(14-30)24(22-3-2-6-32-22)19(13-27)25(28-21)33-15-23(31)29-26-10-16-7-17(11-26)9-18(8-16)12-26/h2-3,6,16-18H,4-5,7-12,14-15H2,1H3,(H,29,31). The van der Waals surface area contributed by atoms with Gasteiger partial charge in [-0.15, -0.1) is 11.3 Å². The Bertz CT molecular complexity index is 1090. The van der Waals surface area contributed by atoms with Crippen LogP contribution >= 0.6 is 23.1 Å². The Hall–Kier alpha value is -1.88. The zero-order valence-corrected chi connectivity index (χ0v) is 20.7. The molecule has 2 aromatic heterocycles. The van der Waals surface area contributed by atoms with Crippen LogP contribution in [0.5, 0.6) is 0 Å². The molecule has 4 aliphatic carbocycles. The smallest absolute Gasteiger partial charge is 0.230 e. The van der Waals surface area contributed by atoms with Gasteiger partial charge >= 0.3 is 0 Å². The molecule has 0 saturated heterocycles. The highest BCUT2D eigenvalue weighted by molar-refractivity contribution is 8.00. The molecular weight excluding hydrogens is 448 g/mol. The van der Waals surface area contributed by atoms with Crippen LogP contribution in [0.4, 0.5) is 0 Å². The number of carbonyl (C=O) groups is 1. The highest BCUT2D eigenvalue weighted by Gasteiger charge is 2.51. The van der Waals surface area contributed by atoms with Gasteiger partial charge in [0.05, 0.1) is 11.3 Å². The molecule has 5 aliphatic rings. The molecule has 4 bridgehead atoms. The first kappa shape index (κ1) is 21.6. The van der Waals surface area contributed by atoms with Gasteiger partial charge in [0.2, 0.25) is 5.91 Å². The minimum absolute atomic E-state index is 0.0282. The van der Waals surface area contributed by atoms with Gasteiger partial charge in [-0.2, -0.15) is 5.26 Å². The number of fused-ring (bicyclic) bond motifs is 1. The third-order valence-electron chi connectivity index (χ3n) is 8.17. The number of thiophene rings is 1. The molecule has 4 fully saturated rings. The van der Waals surface area contributed by atoms with Gasteiger partial charge in [0.25, 0.3) is 0 Å². The normalized spacial score (nSPS) is 30.1. The predicted molar refractivity (Wildman–Crippen MR) is 132 cm³/mol. The van der Waals surface area contributed by atoms with Crippen LogP contribution in [0.3, 0.4) is 0 Å². The number of aromatic nitrogens is 1. The summed E-state index contributed by atoms with van der Waals surface area (Å²) >= 11 is 3.10. The summed E-state index contributed by atoms with van der Waals surface area (Å²) in [5, 5.41) is 16.4. The number of thioether (sulfide) groups is 1. The monoisotopic (exact) mass is 478 g/mol. The van der Waals surface area contributed by atoms with Crippen LogP contribution < -0.4 is 5.32 Å². The Morgan fingerprint density at radius 2 is 2.03 bits per heavy atom. The van der Waals surface area contributed by atoms with Crippen molar-refractivity contribution in [3.05, 3.63) is 34.3 Å². The van der Waals surface area contributed by atoms with E-state index in [1.54, 1.807) is 11.3 Å². The first-order valence-electron chi connectivity index (χ1n) is 12.1. The van der Waals surface area contributed by atoms with E-state index in [1.165, 1.54) is 36.6 Å². The Labute approximate surface area is 204 Å². The van der Waals surface area contributed by atoms with Crippen molar-refractivity contribution < 1.29 is 4.79 Å². The molecule has 0 aromatic carbocycles. The second-order valence-electron chi connectivity index (χ2n) is 10.7. The third kappa shape index (κ3) is 4.00. The summed E-state index contributed by atoms with van der Waals surface area (Å²) in [5.74, 6) is 2.85. The lowest BCUT2D eigenvalue weighted by atomic mass is 9.53. The molecular formula is C26H30N4OS2. The number of hydrogen-bond donors (Lipinski definition) is 1. The minimum atomic E-state index is 0.0282. The molecule has 7 rings (SSSR count). The lowest BCUT2D eigenvalue weighted by Crippen LogP contribution is -2.60. The Morgan fingerprint density at radius 3 is 2.67 bits per heavy atom. The predicted octanol–water partition coefficient (Wildman–Crippen LogP) is 4.85. The second kappa shape index (κ2) is 8.41. The summed E-state index contributed by atoms with van der Waals surface area (Å²) in [5.41, 5.74) is 3.93. The number of hydrogen-bond acceptors (Lipinski definition) is 6. The summed E-state index contributed by atoms with van der Waals surface area (Å²) in [4.78, 5) is 21.4. The molecule has 5 nitrogen and oxygen atoms in total. The van der Waals surface area contributed by atoms with Crippen molar-refractivity contribution in [2.75, 3.05) is 19.3 Å². The Morgan fingerprint density at radius 1 is 1.30 bits per heavy atom. The minimum Gasteiger partial charge on any atom is -0.350 e. The lowest BCUT2D eigenvalue weighted by molar-refractivity contribution is -0.124. The molecule has 0 spiro atoms. The molecule has 4 saturated carbocycles. The fraction of sp³-hybridized carbons (Fsp3) is 0.577. The molecule has 172 valence electrons. The van der Waals surface area contributed by atoms with Crippen LogP contribution in [0, 0.1) is 29.1 Å². The van der Waals surface area contributed by atoms with Gasteiger partial charge in [-0.3, -0.25) is 4.79 Å². The summed E-state index contributed by atoms with van der Waals surface area (Å²) in [7, 11) is 2.12. The molecule has 1 amide bonds. The molecule has 0 unspecified atom stereocenters. The van der Waals surface area contributed by atoms with Crippen molar-refractivity contribution in [3.63, 3.8) is 0 Å². The van der Waals surface area contributed by atoms with E-state index in [-0.39, 0.29) is 11.4 Å². The van der Waals surface area contributed by atoms with Crippen molar-refractivity contribution in [3.8, 4) is 16.5 Å². The Kier molecular flexibility index (Phi) is 5.51. The van der Waals surface area contributed by atoms with E-state index < -0.39 is 0 Å². The first-order valence-corrected chi connectivity index (χ1v) is 14.0. The Balaban J connectivity index is 1.24. The van der Waals surface area contributed by atoms with Gasteiger partial charge in [0.1, 0.15) is 11.1 Å². The number of rotatable bonds is 5. The maximum Gasteiger partial charge on any atom is 0.230 e. The molecule has 1 N–H and O–H groups in total. The summed E-state index contributed by atoms with van der Waals surface area (Å²) < 4.78 is 0. The van der Waals surface area contributed by atoms with Gasteiger partial charge < -0.3 is 10.2 Å². The summed E-state index contributed by atoms with van der Waals surface area (Å²) in [6.45, 7) is 1.77. The van der Waals surface area contributed by atoms with Gasteiger partial charge in [-0.1, -0.05) is 17.8 Å². The van der Waals surface area contributed by atoms with Crippen LogP contribution in [0.25, 0.3) is 10.4 Å². The average Bonchev–Trinajstić information content (AvgIpc) is 3.30. The molecule has 1 aliphatic heterocycles. The van der Waals surface area contributed by atoms with Crippen molar-refractivity contribution >= 4 is 29.0 Å². The van der Waals surface area contributed by atoms with E-state index in [0.717, 1.165) is 72.7 Å². The number of carbonyl (C=O) groups excluding carboxylic acids is 1. The van der Waals surface area contributed by atoms with E-state index in [0.29, 0.717) is 16.3 Å². The van der Waals surface area contributed by atoms with Crippen molar-refractivity contribution in [1.82, 2.24) is 15.2 Å². The topological polar surface area (TPSA) is 69.0 Å². The first-order chi connectivity index (χ1) is 16.0. The zero-order chi connectivity index (χ0) is 22.6. The highest BCUT2D eigenvalue weighted by atomic mass is 32.2. The molecule has 33 heavy (non-hydrogen) atoms. The van der Waals surface area contributed by atoms with Crippen LogP contribution in [-0.2, 0) is 17.8 Å². The molecule has 2 aromatic rings. The lowest BCUT2D eigenvalue weighted by Gasteiger charge is -2.56. The van der Waals surface area contributed by atoms with Crippen LogP contribution in [-0.4, -0.2) is 40.7 Å². The number of nitrogens with zero attached hydrogens (tertiary/aromatic N) is 3. The fourth-order valence-electron chi connectivity index (χ4n) is 7.30. The number of likely N-dealkylation sites (N-methyl/N-ethyl adjacent to an activating group) is 1. The SMILES string of the molecule is CN1CCc2nc(SCC(=O)NC34CC5CC(CC(C5)C3)C4)c(C#N)c(-c3cccs3)c2C1. The summed E-state index contributed by atoms with van der Waals surface area (Å²) in [6.07, 6.45) is 8.46. The number of amides is 1. The van der Waals surface area contributed by atoms with Crippen molar-refractivity contribution in [2.24, 2.45) is 17.8 Å². The van der Waals surface area contributed by atoms with Gasteiger partial charge in [0.15, 0.2) is 0 Å². The van der Waals surface area contributed by atoms with E-state index in [9.17, 15) is 10.1 Å². The van der Waals surface area contributed by atoms with Gasteiger partial charge in [0, 0.05) is 41.2 Å². The third-order valence-corrected chi connectivity index (χ3v) is 10.0. The largest absolute Gasteiger partial charge is 0.350 e. The fourth-order valence-corrected chi connectivity index (χ4v) is 8.91. The highest BCUT2D eigenvalue weighted by Crippen LogP contribution is 2.55. The van der Waals surface area contributed by atoms with Crippen molar-refractivity contribution in [2.45, 2.75) is 62.1 Å². The number of nitriles is 1.